The van der Waals surface area contributed by atoms with Crippen molar-refractivity contribution in [2.45, 2.75) is 18.9 Å². The molecule has 0 bridgehead atoms. The number of carbonyl (C=O) groups excluding carboxylic acids is 1. The maximum absolute atomic E-state index is 13.5. The second-order valence-electron chi connectivity index (χ2n) is 6.72. The van der Waals surface area contributed by atoms with Gasteiger partial charge in [0.2, 0.25) is 5.91 Å². The van der Waals surface area contributed by atoms with Gasteiger partial charge in [-0.15, -0.1) is 0 Å². The summed E-state index contributed by atoms with van der Waals surface area (Å²) < 4.78 is 13.5. The summed E-state index contributed by atoms with van der Waals surface area (Å²) in [6.45, 7) is 0.514. The van der Waals surface area contributed by atoms with Crippen LogP contribution in [0.5, 0.6) is 0 Å². The first-order chi connectivity index (χ1) is 13.5. The molecular formula is C20H18ClFN4OS. The van der Waals surface area contributed by atoms with Crippen LogP contribution >= 0.6 is 22.9 Å². The molecule has 8 heteroatoms. The number of nitrogens with zero attached hydrogens (tertiary/aromatic N) is 1. The van der Waals surface area contributed by atoms with Crippen molar-refractivity contribution in [1.82, 2.24) is 4.98 Å². The third kappa shape index (κ3) is 4.16. The number of benzene rings is 2. The van der Waals surface area contributed by atoms with Crippen LogP contribution in [0.25, 0.3) is 10.4 Å². The van der Waals surface area contributed by atoms with Crippen LogP contribution in [0, 0.1) is 5.82 Å². The van der Waals surface area contributed by atoms with Gasteiger partial charge >= 0.3 is 0 Å². The fourth-order valence-electron chi connectivity index (χ4n) is 3.13. The highest BCUT2D eigenvalue weighted by atomic mass is 35.5. The van der Waals surface area contributed by atoms with E-state index in [0.29, 0.717) is 19.4 Å². The van der Waals surface area contributed by atoms with Crippen molar-refractivity contribution in [3.05, 3.63) is 64.6 Å². The third-order valence-corrected chi connectivity index (χ3v) is 5.83. The summed E-state index contributed by atoms with van der Waals surface area (Å²) in [6.07, 6.45) is 2.75. The van der Waals surface area contributed by atoms with Gasteiger partial charge in [-0.05, 0) is 47.4 Å². The lowest BCUT2D eigenvalue weighted by molar-refractivity contribution is -0.115. The maximum Gasteiger partial charge on any atom is 0.228 e. The molecule has 5 nitrogen and oxygen atoms in total. The Labute approximate surface area is 170 Å². The Morgan fingerprint density at radius 1 is 1.32 bits per heavy atom. The summed E-state index contributed by atoms with van der Waals surface area (Å²) in [4.78, 5) is 16.9. The van der Waals surface area contributed by atoms with Gasteiger partial charge in [-0.2, -0.15) is 0 Å². The predicted molar refractivity (Wildman–Crippen MR) is 111 cm³/mol. The molecule has 0 saturated carbocycles. The van der Waals surface area contributed by atoms with Crippen molar-refractivity contribution in [2.24, 2.45) is 5.73 Å². The molecule has 2 aromatic carbocycles. The highest BCUT2D eigenvalue weighted by Gasteiger charge is 2.18. The zero-order chi connectivity index (χ0) is 19.7. The van der Waals surface area contributed by atoms with Crippen LogP contribution in [0.3, 0.4) is 0 Å². The number of nitrogens with one attached hydrogen (secondary N) is 2. The molecule has 1 atom stereocenters. The number of amides is 1. The molecular weight excluding hydrogens is 399 g/mol. The van der Waals surface area contributed by atoms with E-state index in [9.17, 15) is 9.18 Å². The number of anilines is 2. The average molecular weight is 417 g/mol. The van der Waals surface area contributed by atoms with E-state index in [-0.39, 0.29) is 17.0 Å². The smallest absolute Gasteiger partial charge is 0.228 e. The number of halogens is 2. The van der Waals surface area contributed by atoms with Crippen molar-refractivity contribution >= 4 is 39.7 Å². The van der Waals surface area contributed by atoms with Crippen molar-refractivity contribution in [3.63, 3.8) is 0 Å². The molecule has 1 unspecified atom stereocenters. The number of hydrogen-bond donors (Lipinski definition) is 3. The first-order valence-electron chi connectivity index (χ1n) is 8.80. The first-order valence-corrected chi connectivity index (χ1v) is 10.00. The quantitative estimate of drug-likeness (QED) is 0.565. The number of nitrogens with two attached hydrogens (primary N) is 1. The number of fused-ring (bicyclic) bond motifs is 1. The van der Waals surface area contributed by atoms with Crippen molar-refractivity contribution in [3.8, 4) is 10.4 Å². The topological polar surface area (TPSA) is 80.0 Å². The molecule has 28 heavy (non-hydrogen) atoms. The fraction of sp³-hybridized carbons (Fsp3) is 0.200. The lowest BCUT2D eigenvalue weighted by Gasteiger charge is -2.12. The maximum atomic E-state index is 13.5. The lowest BCUT2D eigenvalue weighted by Crippen LogP contribution is -2.31. The molecule has 1 aliphatic rings. The summed E-state index contributed by atoms with van der Waals surface area (Å²) in [6, 6.07) is 10.5. The van der Waals surface area contributed by atoms with Crippen LogP contribution in [0.2, 0.25) is 5.02 Å². The number of aromatic nitrogens is 1. The SMILES string of the molecule is NC(CNc1ncc(-c2ccc3c(c2)CC(=O)N3)s1)Cc1ccc(Cl)c(F)c1. The van der Waals surface area contributed by atoms with Gasteiger partial charge in [-0.3, -0.25) is 4.79 Å². The van der Waals surface area contributed by atoms with Crippen LogP contribution in [0.15, 0.2) is 42.6 Å². The van der Waals surface area contributed by atoms with Crippen LogP contribution < -0.4 is 16.4 Å². The van der Waals surface area contributed by atoms with E-state index in [4.69, 9.17) is 17.3 Å². The second kappa shape index (κ2) is 7.87. The minimum absolute atomic E-state index is 0.0216. The van der Waals surface area contributed by atoms with E-state index in [1.807, 2.05) is 18.2 Å². The van der Waals surface area contributed by atoms with Gasteiger partial charge < -0.3 is 16.4 Å². The monoisotopic (exact) mass is 416 g/mol. The number of thiazole rings is 1. The van der Waals surface area contributed by atoms with Gasteiger partial charge in [0.05, 0.1) is 16.3 Å². The fourth-order valence-corrected chi connectivity index (χ4v) is 4.07. The molecule has 0 saturated heterocycles. The van der Waals surface area contributed by atoms with Crippen LogP contribution in [-0.4, -0.2) is 23.5 Å². The Balaban J connectivity index is 1.36. The largest absolute Gasteiger partial charge is 0.360 e. The van der Waals surface area contributed by atoms with E-state index in [1.165, 1.54) is 17.4 Å². The summed E-state index contributed by atoms with van der Waals surface area (Å²) in [5.41, 5.74) is 9.87. The van der Waals surface area contributed by atoms with Crippen molar-refractivity contribution in [2.75, 3.05) is 17.2 Å². The zero-order valence-corrected chi connectivity index (χ0v) is 16.4. The first kappa shape index (κ1) is 18.9. The summed E-state index contributed by atoms with van der Waals surface area (Å²) in [5.74, 6) is -0.413. The van der Waals surface area contributed by atoms with Crippen LogP contribution in [-0.2, 0) is 17.6 Å². The molecule has 1 aliphatic heterocycles. The molecule has 0 fully saturated rings. The molecule has 2 heterocycles. The van der Waals surface area contributed by atoms with E-state index >= 15 is 0 Å². The van der Waals surface area contributed by atoms with Gasteiger partial charge in [-0.1, -0.05) is 35.1 Å². The molecule has 3 aromatic rings. The molecule has 1 aromatic heterocycles. The minimum atomic E-state index is -0.435. The van der Waals surface area contributed by atoms with Gasteiger partial charge in [0.1, 0.15) is 5.82 Å². The Morgan fingerprint density at radius 3 is 3.00 bits per heavy atom. The van der Waals surface area contributed by atoms with E-state index < -0.39 is 5.82 Å². The normalized spacial score (nSPS) is 13.9. The third-order valence-electron chi connectivity index (χ3n) is 4.52. The van der Waals surface area contributed by atoms with E-state index in [0.717, 1.165) is 32.4 Å². The average Bonchev–Trinajstić information content (AvgIpc) is 3.28. The molecule has 4 rings (SSSR count). The standard InChI is InChI=1S/C20H18ClFN4OS/c21-15-3-1-11(6-16(15)22)5-14(23)9-24-20-25-10-18(28-20)12-2-4-17-13(7-12)8-19(27)26-17/h1-4,6-7,10,14H,5,8-9,23H2,(H,24,25)(H,26,27). The zero-order valence-electron chi connectivity index (χ0n) is 14.8. The molecule has 1 amide bonds. The summed E-state index contributed by atoms with van der Waals surface area (Å²) in [7, 11) is 0. The molecule has 0 radical (unpaired) electrons. The van der Waals surface area contributed by atoms with Crippen LogP contribution in [0.1, 0.15) is 11.1 Å². The number of carbonyl (C=O) groups is 1. The van der Waals surface area contributed by atoms with Crippen molar-refractivity contribution < 1.29 is 9.18 Å². The highest BCUT2D eigenvalue weighted by Crippen LogP contribution is 2.33. The van der Waals surface area contributed by atoms with E-state index in [1.54, 1.807) is 18.3 Å². The number of hydrogen-bond acceptors (Lipinski definition) is 5. The summed E-state index contributed by atoms with van der Waals surface area (Å²) in [5, 5.41) is 6.94. The second-order valence-corrected chi connectivity index (χ2v) is 8.16. The Bertz CT molecular complexity index is 1040. The van der Waals surface area contributed by atoms with Gasteiger partial charge in [-0.25, -0.2) is 9.37 Å². The van der Waals surface area contributed by atoms with Gasteiger partial charge in [0, 0.05) is 24.5 Å². The van der Waals surface area contributed by atoms with Gasteiger partial charge in [0.15, 0.2) is 5.13 Å². The van der Waals surface area contributed by atoms with E-state index in [2.05, 4.69) is 15.6 Å². The Morgan fingerprint density at radius 2 is 2.18 bits per heavy atom. The lowest BCUT2D eigenvalue weighted by atomic mass is 10.1. The van der Waals surface area contributed by atoms with Crippen molar-refractivity contribution in [1.29, 1.82) is 0 Å². The Hall–Kier alpha value is -2.48. The molecule has 0 spiro atoms. The summed E-state index contributed by atoms with van der Waals surface area (Å²) >= 11 is 7.23. The van der Waals surface area contributed by atoms with Crippen LogP contribution in [0.4, 0.5) is 15.2 Å². The molecule has 144 valence electrons. The Kier molecular flexibility index (Phi) is 5.30. The highest BCUT2D eigenvalue weighted by molar-refractivity contribution is 7.18. The van der Waals surface area contributed by atoms with Gasteiger partial charge in [0.25, 0.3) is 0 Å². The number of rotatable bonds is 6. The predicted octanol–water partition coefficient (Wildman–Crippen LogP) is 4.08. The minimum Gasteiger partial charge on any atom is -0.360 e. The molecule has 0 aliphatic carbocycles. The molecule has 4 N–H and O–H groups in total.